The van der Waals surface area contributed by atoms with Crippen LogP contribution in [0.3, 0.4) is 0 Å². The van der Waals surface area contributed by atoms with Gasteiger partial charge in [0.05, 0.1) is 16.5 Å². The van der Waals surface area contributed by atoms with Crippen molar-refractivity contribution in [2.24, 2.45) is 0 Å². The number of anilines is 3. The zero-order chi connectivity index (χ0) is 40.1. The number of benzene rings is 10. The Kier molecular flexibility index (Phi) is 7.26. The molecule has 1 atom stereocenters. The van der Waals surface area contributed by atoms with Gasteiger partial charge in [0.15, 0.2) is 0 Å². The lowest BCUT2D eigenvalue weighted by atomic mass is 9.65. The first-order valence-electron chi connectivity index (χ1n) is 21.1. The van der Waals surface area contributed by atoms with Crippen molar-refractivity contribution >= 4 is 49.8 Å². The summed E-state index contributed by atoms with van der Waals surface area (Å²) < 4.78 is 6.54. The van der Waals surface area contributed by atoms with E-state index in [9.17, 15) is 0 Å². The SMILES string of the molecule is c1ccc(-c2ccc(N(c3ccc4c(c3)C3(c5ccccc5-c5ccccc5-4)c4ccccc4-c4c3ccc3ccccc43)c3cccc4oc5ccccc5c34)cc2)cc1. The fourth-order valence-electron chi connectivity index (χ4n) is 10.8. The first kappa shape index (κ1) is 34.0. The van der Waals surface area contributed by atoms with Gasteiger partial charge in [-0.25, -0.2) is 0 Å². The van der Waals surface area contributed by atoms with Crippen LogP contribution in [-0.4, -0.2) is 0 Å². The number of fused-ring (bicyclic) bond motifs is 17. The van der Waals surface area contributed by atoms with Crippen LogP contribution in [0.5, 0.6) is 0 Å². The molecule has 10 aromatic carbocycles. The molecule has 0 amide bonds. The van der Waals surface area contributed by atoms with Crippen LogP contribution >= 0.6 is 0 Å². The first-order valence-corrected chi connectivity index (χ1v) is 21.1. The van der Waals surface area contributed by atoms with E-state index in [4.69, 9.17) is 4.42 Å². The van der Waals surface area contributed by atoms with Crippen LogP contribution in [0.25, 0.3) is 77.2 Å². The quantitative estimate of drug-likeness (QED) is 0.177. The Hall–Kier alpha value is -7.94. The average Bonchev–Trinajstić information content (AvgIpc) is 3.84. The lowest BCUT2D eigenvalue weighted by Crippen LogP contribution is -2.29. The third-order valence-electron chi connectivity index (χ3n) is 13.3. The summed E-state index contributed by atoms with van der Waals surface area (Å²) in [7, 11) is 0. The molecule has 0 saturated carbocycles. The molecule has 0 saturated heterocycles. The summed E-state index contributed by atoms with van der Waals surface area (Å²) in [5.74, 6) is 0. The van der Waals surface area contributed by atoms with Crippen LogP contribution in [-0.2, 0) is 5.41 Å². The van der Waals surface area contributed by atoms with Gasteiger partial charge in [-0.1, -0.05) is 182 Å². The molecule has 2 aliphatic rings. The van der Waals surface area contributed by atoms with Crippen LogP contribution < -0.4 is 4.90 Å². The van der Waals surface area contributed by atoms with Crippen LogP contribution in [0, 0.1) is 0 Å². The van der Waals surface area contributed by atoms with Crippen molar-refractivity contribution in [2.45, 2.75) is 5.41 Å². The highest BCUT2D eigenvalue weighted by Gasteiger charge is 2.50. The number of rotatable bonds is 4. The number of nitrogens with zero attached hydrogens (tertiary/aromatic N) is 1. The van der Waals surface area contributed by atoms with E-state index in [1.807, 2.05) is 6.07 Å². The van der Waals surface area contributed by atoms with Crippen molar-refractivity contribution in [2.75, 3.05) is 4.90 Å². The second-order valence-electron chi connectivity index (χ2n) is 16.3. The molecule has 284 valence electrons. The highest BCUT2D eigenvalue weighted by molar-refractivity contribution is 6.14. The average molecular weight is 776 g/mol. The number of hydrogen-bond acceptors (Lipinski definition) is 2. The maximum atomic E-state index is 6.54. The number of hydrogen-bond donors (Lipinski definition) is 0. The van der Waals surface area contributed by atoms with E-state index >= 15 is 0 Å². The lowest BCUT2D eigenvalue weighted by molar-refractivity contribution is 0.669. The summed E-state index contributed by atoms with van der Waals surface area (Å²) >= 11 is 0. The Bertz CT molecular complexity index is 3540. The van der Waals surface area contributed by atoms with Crippen molar-refractivity contribution in [3.63, 3.8) is 0 Å². The number of para-hydroxylation sites is 1. The Morgan fingerprint density at radius 3 is 1.74 bits per heavy atom. The molecule has 1 aromatic heterocycles. The van der Waals surface area contributed by atoms with Gasteiger partial charge >= 0.3 is 0 Å². The largest absolute Gasteiger partial charge is 0.456 e. The minimum Gasteiger partial charge on any atom is -0.456 e. The molecule has 0 radical (unpaired) electrons. The van der Waals surface area contributed by atoms with Crippen molar-refractivity contribution in [1.82, 2.24) is 0 Å². The van der Waals surface area contributed by atoms with Gasteiger partial charge < -0.3 is 9.32 Å². The standard InChI is InChI=1S/C59H37NO/c1-2-15-38(16-3-1)39-29-32-41(33-30-39)60(54-26-14-28-56-58(54)49-23-10-13-27-55(49)61-56)42-34-35-47-45-20-7-6-19-44(45)46-21-8-11-24-50(46)59(53(47)37-42)51-25-12-9-22-48(51)57-43-18-5-4-17-40(43)31-36-52(57)59/h1-37H. The maximum absolute atomic E-state index is 6.54. The molecule has 1 spiro atoms. The normalized spacial score (nSPS) is 14.6. The van der Waals surface area contributed by atoms with E-state index in [0.29, 0.717) is 0 Å². The van der Waals surface area contributed by atoms with E-state index in [0.717, 1.165) is 39.0 Å². The zero-order valence-electron chi connectivity index (χ0n) is 33.2. The highest BCUT2D eigenvalue weighted by atomic mass is 16.3. The van der Waals surface area contributed by atoms with E-state index in [-0.39, 0.29) is 0 Å². The summed E-state index contributed by atoms with van der Waals surface area (Å²) in [5.41, 5.74) is 19.5. The molecule has 1 heterocycles. The van der Waals surface area contributed by atoms with Crippen molar-refractivity contribution in [3.8, 4) is 44.5 Å². The van der Waals surface area contributed by atoms with Gasteiger partial charge in [0, 0.05) is 16.8 Å². The van der Waals surface area contributed by atoms with Crippen LogP contribution in [0.15, 0.2) is 229 Å². The summed E-state index contributed by atoms with van der Waals surface area (Å²) in [5, 5.41) is 4.71. The summed E-state index contributed by atoms with van der Waals surface area (Å²) in [6, 6.07) is 82.6. The molecule has 2 heteroatoms. The van der Waals surface area contributed by atoms with Gasteiger partial charge in [-0.2, -0.15) is 0 Å². The van der Waals surface area contributed by atoms with Crippen LogP contribution in [0.2, 0.25) is 0 Å². The van der Waals surface area contributed by atoms with Crippen LogP contribution in [0.1, 0.15) is 22.3 Å². The Balaban J connectivity index is 1.16. The van der Waals surface area contributed by atoms with Gasteiger partial charge in [0.1, 0.15) is 11.2 Å². The summed E-state index contributed by atoms with van der Waals surface area (Å²) in [6.45, 7) is 0. The minimum absolute atomic E-state index is 0.631. The van der Waals surface area contributed by atoms with E-state index < -0.39 is 5.41 Å². The Morgan fingerprint density at radius 1 is 0.344 bits per heavy atom. The predicted octanol–water partition coefficient (Wildman–Crippen LogP) is 15.9. The van der Waals surface area contributed by atoms with E-state index in [2.05, 4.69) is 223 Å². The second-order valence-corrected chi connectivity index (χ2v) is 16.3. The summed E-state index contributed by atoms with van der Waals surface area (Å²) in [4.78, 5) is 2.44. The predicted molar refractivity (Wildman–Crippen MR) is 253 cm³/mol. The van der Waals surface area contributed by atoms with Crippen molar-refractivity contribution in [1.29, 1.82) is 0 Å². The molecule has 0 bridgehead atoms. The smallest absolute Gasteiger partial charge is 0.137 e. The van der Waals surface area contributed by atoms with E-state index in [1.54, 1.807) is 0 Å². The third-order valence-corrected chi connectivity index (χ3v) is 13.3. The molecule has 2 aliphatic carbocycles. The van der Waals surface area contributed by atoms with Gasteiger partial charge in [-0.05, 0) is 120 Å². The van der Waals surface area contributed by atoms with Gasteiger partial charge in [0.25, 0.3) is 0 Å². The molecule has 0 N–H and O–H groups in total. The third kappa shape index (κ3) is 4.79. The molecule has 2 nitrogen and oxygen atoms in total. The fraction of sp³-hybridized carbons (Fsp3) is 0.0169. The maximum Gasteiger partial charge on any atom is 0.137 e. The van der Waals surface area contributed by atoms with Crippen molar-refractivity contribution < 1.29 is 4.42 Å². The van der Waals surface area contributed by atoms with Crippen molar-refractivity contribution in [3.05, 3.63) is 247 Å². The minimum atomic E-state index is -0.631. The number of furan rings is 1. The second kappa shape index (κ2) is 13.0. The molecule has 13 rings (SSSR count). The monoisotopic (exact) mass is 775 g/mol. The molecular formula is C59H37NO. The fourth-order valence-corrected chi connectivity index (χ4v) is 10.8. The topological polar surface area (TPSA) is 16.4 Å². The first-order chi connectivity index (χ1) is 30.3. The molecular weight excluding hydrogens is 739 g/mol. The van der Waals surface area contributed by atoms with Crippen LogP contribution in [0.4, 0.5) is 17.1 Å². The van der Waals surface area contributed by atoms with Gasteiger partial charge in [-0.15, -0.1) is 0 Å². The Morgan fingerprint density at radius 2 is 0.934 bits per heavy atom. The molecule has 0 fully saturated rings. The molecule has 61 heavy (non-hydrogen) atoms. The molecule has 11 aromatic rings. The summed E-state index contributed by atoms with van der Waals surface area (Å²) in [6.07, 6.45) is 0. The van der Waals surface area contributed by atoms with Gasteiger partial charge in [0.2, 0.25) is 0 Å². The molecule has 0 aliphatic heterocycles. The molecule has 1 unspecified atom stereocenters. The van der Waals surface area contributed by atoms with E-state index in [1.165, 1.54) is 77.5 Å². The highest BCUT2D eigenvalue weighted by Crippen LogP contribution is 2.63. The van der Waals surface area contributed by atoms with Gasteiger partial charge in [-0.3, -0.25) is 0 Å². The lowest BCUT2D eigenvalue weighted by Gasteiger charge is -2.36. The Labute approximate surface area is 354 Å². The zero-order valence-corrected chi connectivity index (χ0v) is 33.2.